The minimum atomic E-state index is -0.00604. The Balaban J connectivity index is 2.23. The van der Waals surface area contributed by atoms with Crippen LogP contribution >= 0.6 is 0 Å². The highest BCUT2D eigenvalue weighted by molar-refractivity contribution is 4.88. The first-order chi connectivity index (χ1) is 7.39. The molecule has 0 saturated carbocycles. The third-order valence-electron chi connectivity index (χ3n) is 3.22. The van der Waals surface area contributed by atoms with Crippen molar-refractivity contribution in [3.05, 3.63) is 0 Å². The quantitative estimate of drug-likeness (QED) is 0.697. The molecule has 1 aliphatic heterocycles. The van der Waals surface area contributed by atoms with Crippen LogP contribution in [0.15, 0.2) is 0 Å². The first-order valence-corrected chi connectivity index (χ1v) is 6.28. The van der Waals surface area contributed by atoms with E-state index in [0.717, 1.165) is 19.0 Å². The van der Waals surface area contributed by atoms with Crippen molar-refractivity contribution in [2.75, 3.05) is 32.9 Å². The van der Waals surface area contributed by atoms with Gasteiger partial charge in [-0.15, -0.1) is 0 Å². The Hall–Kier alpha value is -0.120. The van der Waals surface area contributed by atoms with Gasteiger partial charge >= 0.3 is 0 Å². The smallest absolute Gasteiger partial charge is 0.0579 e. The van der Waals surface area contributed by atoms with Gasteiger partial charge in [0.25, 0.3) is 0 Å². The van der Waals surface area contributed by atoms with E-state index in [-0.39, 0.29) is 12.0 Å². The summed E-state index contributed by atoms with van der Waals surface area (Å²) in [5.74, 6) is 0.732. The molecule has 0 unspecified atom stereocenters. The van der Waals surface area contributed by atoms with Gasteiger partial charge in [0.15, 0.2) is 0 Å². The van der Waals surface area contributed by atoms with Crippen molar-refractivity contribution in [1.82, 2.24) is 5.32 Å². The van der Waals surface area contributed by atoms with Crippen molar-refractivity contribution in [2.24, 2.45) is 16.7 Å². The predicted octanol–water partition coefficient (Wildman–Crippen LogP) is 1.66. The standard InChI is InChI=1S/C13H27NO2/c1-11(2)5-12(3,4)6-14-7-13(8-15)9-16-10-13/h11,14-15H,5-10H2,1-4H3. The fourth-order valence-corrected chi connectivity index (χ4v) is 2.48. The Labute approximate surface area is 99.6 Å². The molecule has 0 radical (unpaired) electrons. The van der Waals surface area contributed by atoms with Crippen LogP contribution in [-0.4, -0.2) is 38.0 Å². The largest absolute Gasteiger partial charge is 0.396 e. The van der Waals surface area contributed by atoms with Crippen LogP contribution in [0.4, 0.5) is 0 Å². The van der Waals surface area contributed by atoms with Gasteiger partial charge in [0, 0.05) is 13.1 Å². The summed E-state index contributed by atoms with van der Waals surface area (Å²) in [6, 6.07) is 0. The lowest BCUT2D eigenvalue weighted by molar-refractivity contribution is -0.134. The molecule has 0 atom stereocenters. The molecule has 1 rings (SSSR count). The maximum Gasteiger partial charge on any atom is 0.0579 e. The molecule has 0 bridgehead atoms. The molecule has 1 heterocycles. The van der Waals surface area contributed by atoms with Gasteiger partial charge in [0.05, 0.1) is 25.2 Å². The van der Waals surface area contributed by atoms with E-state index in [1.165, 1.54) is 6.42 Å². The number of hydrogen-bond donors (Lipinski definition) is 2. The van der Waals surface area contributed by atoms with E-state index in [1.807, 2.05) is 0 Å². The second kappa shape index (κ2) is 5.48. The van der Waals surface area contributed by atoms with Crippen LogP contribution < -0.4 is 5.32 Å². The second-order valence-corrected chi connectivity index (χ2v) is 6.52. The maximum absolute atomic E-state index is 9.29. The van der Waals surface area contributed by atoms with Crippen LogP contribution in [0.2, 0.25) is 0 Å². The Morgan fingerprint density at radius 2 is 2.00 bits per heavy atom. The minimum Gasteiger partial charge on any atom is -0.396 e. The minimum absolute atomic E-state index is 0.00604. The lowest BCUT2D eigenvalue weighted by Crippen LogP contribution is -2.53. The van der Waals surface area contributed by atoms with Crippen LogP contribution in [0, 0.1) is 16.7 Å². The molecular formula is C13H27NO2. The van der Waals surface area contributed by atoms with Crippen molar-refractivity contribution in [1.29, 1.82) is 0 Å². The molecule has 1 fully saturated rings. The molecule has 0 aromatic rings. The number of nitrogens with one attached hydrogen (secondary N) is 1. The lowest BCUT2D eigenvalue weighted by atomic mass is 9.82. The zero-order valence-electron chi connectivity index (χ0n) is 11.2. The summed E-state index contributed by atoms with van der Waals surface area (Å²) in [5.41, 5.74) is 0.323. The van der Waals surface area contributed by atoms with Crippen molar-refractivity contribution in [3.8, 4) is 0 Å². The molecule has 0 spiro atoms. The Kier molecular flexibility index (Phi) is 4.77. The average Bonchev–Trinajstić information content (AvgIpc) is 2.07. The molecular weight excluding hydrogens is 202 g/mol. The third kappa shape index (κ3) is 4.04. The molecule has 3 nitrogen and oxygen atoms in total. The van der Waals surface area contributed by atoms with Crippen LogP contribution in [0.1, 0.15) is 34.1 Å². The van der Waals surface area contributed by atoms with Gasteiger partial charge < -0.3 is 15.2 Å². The monoisotopic (exact) mass is 229 g/mol. The van der Waals surface area contributed by atoms with Crippen molar-refractivity contribution in [2.45, 2.75) is 34.1 Å². The summed E-state index contributed by atoms with van der Waals surface area (Å²) in [6.07, 6.45) is 1.22. The molecule has 3 heteroatoms. The summed E-state index contributed by atoms with van der Waals surface area (Å²) >= 11 is 0. The van der Waals surface area contributed by atoms with Crippen LogP contribution in [0.25, 0.3) is 0 Å². The Morgan fingerprint density at radius 1 is 1.38 bits per heavy atom. The highest BCUT2D eigenvalue weighted by atomic mass is 16.5. The number of hydrogen-bond acceptors (Lipinski definition) is 3. The van der Waals surface area contributed by atoms with Gasteiger partial charge in [0.2, 0.25) is 0 Å². The molecule has 0 amide bonds. The molecule has 0 aliphatic carbocycles. The highest BCUT2D eigenvalue weighted by Crippen LogP contribution is 2.27. The van der Waals surface area contributed by atoms with E-state index < -0.39 is 0 Å². The molecule has 96 valence electrons. The zero-order valence-corrected chi connectivity index (χ0v) is 11.2. The van der Waals surface area contributed by atoms with Gasteiger partial charge in [-0.1, -0.05) is 27.7 Å². The van der Waals surface area contributed by atoms with Crippen molar-refractivity contribution >= 4 is 0 Å². The molecule has 2 N–H and O–H groups in total. The second-order valence-electron chi connectivity index (χ2n) is 6.52. The summed E-state index contributed by atoms with van der Waals surface area (Å²) in [7, 11) is 0. The van der Waals surface area contributed by atoms with Gasteiger partial charge in [-0.25, -0.2) is 0 Å². The molecule has 16 heavy (non-hydrogen) atoms. The maximum atomic E-state index is 9.29. The van der Waals surface area contributed by atoms with E-state index in [2.05, 4.69) is 33.0 Å². The summed E-state index contributed by atoms with van der Waals surface area (Å²) in [4.78, 5) is 0. The van der Waals surface area contributed by atoms with E-state index in [0.29, 0.717) is 18.6 Å². The topological polar surface area (TPSA) is 41.5 Å². The summed E-state index contributed by atoms with van der Waals surface area (Å²) < 4.78 is 5.18. The van der Waals surface area contributed by atoms with Gasteiger partial charge in [0.1, 0.15) is 0 Å². The van der Waals surface area contributed by atoms with Crippen molar-refractivity contribution < 1.29 is 9.84 Å². The van der Waals surface area contributed by atoms with E-state index >= 15 is 0 Å². The fraction of sp³-hybridized carbons (Fsp3) is 1.00. The number of ether oxygens (including phenoxy) is 1. The van der Waals surface area contributed by atoms with Crippen LogP contribution in [-0.2, 0) is 4.74 Å². The van der Waals surface area contributed by atoms with E-state index in [4.69, 9.17) is 4.74 Å². The highest BCUT2D eigenvalue weighted by Gasteiger charge is 2.37. The zero-order chi connectivity index (χ0) is 12.2. The first kappa shape index (κ1) is 13.9. The molecule has 1 saturated heterocycles. The van der Waals surface area contributed by atoms with Crippen molar-refractivity contribution in [3.63, 3.8) is 0 Å². The average molecular weight is 229 g/mol. The number of aliphatic hydroxyl groups is 1. The molecule has 1 aliphatic rings. The van der Waals surface area contributed by atoms with E-state index in [1.54, 1.807) is 0 Å². The van der Waals surface area contributed by atoms with Crippen LogP contribution in [0.5, 0.6) is 0 Å². The molecule has 0 aromatic heterocycles. The fourth-order valence-electron chi connectivity index (χ4n) is 2.48. The van der Waals surface area contributed by atoms with Gasteiger partial charge in [-0.05, 0) is 17.8 Å². The predicted molar refractivity (Wildman–Crippen MR) is 66.4 cm³/mol. The third-order valence-corrected chi connectivity index (χ3v) is 3.22. The number of rotatable bonds is 7. The Bertz CT molecular complexity index is 204. The van der Waals surface area contributed by atoms with Gasteiger partial charge in [-0.3, -0.25) is 0 Å². The lowest BCUT2D eigenvalue weighted by Gasteiger charge is -2.41. The SMILES string of the molecule is CC(C)CC(C)(C)CNCC1(CO)COC1. The van der Waals surface area contributed by atoms with Crippen LogP contribution in [0.3, 0.4) is 0 Å². The van der Waals surface area contributed by atoms with E-state index in [9.17, 15) is 5.11 Å². The Morgan fingerprint density at radius 3 is 2.38 bits per heavy atom. The molecule has 0 aromatic carbocycles. The normalized spacial score (nSPS) is 19.9. The van der Waals surface area contributed by atoms with Gasteiger partial charge in [-0.2, -0.15) is 0 Å². The first-order valence-electron chi connectivity index (χ1n) is 6.28. The number of aliphatic hydroxyl groups excluding tert-OH is 1. The summed E-state index contributed by atoms with van der Waals surface area (Å²) in [6.45, 7) is 12.6. The summed E-state index contributed by atoms with van der Waals surface area (Å²) in [5, 5.41) is 12.8.